The second-order valence-electron chi connectivity index (χ2n) is 6.70. The van der Waals surface area contributed by atoms with Crippen LogP contribution in [0.15, 0.2) is 0 Å². The Bertz CT molecular complexity index is 272. The lowest BCUT2D eigenvalue weighted by molar-refractivity contribution is -0.135. The van der Waals surface area contributed by atoms with Gasteiger partial charge in [0.2, 0.25) is 0 Å². The van der Waals surface area contributed by atoms with Gasteiger partial charge in [-0.2, -0.15) is 0 Å². The lowest BCUT2D eigenvalue weighted by atomic mass is 9.71. The van der Waals surface area contributed by atoms with Crippen LogP contribution < -0.4 is 0 Å². The zero-order chi connectivity index (χ0) is 13.8. The molecule has 0 N–H and O–H groups in total. The molecule has 18 heavy (non-hydrogen) atoms. The van der Waals surface area contributed by atoms with Gasteiger partial charge < -0.3 is 4.90 Å². The highest BCUT2D eigenvalue weighted by Crippen LogP contribution is 2.35. The third-order valence-electron chi connectivity index (χ3n) is 4.58. The number of ketones is 1. The quantitative estimate of drug-likeness (QED) is 0.718. The third-order valence-corrected chi connectivity index (χ3v) is 4.58. The van der Waals surface area contributed by atoms with Crippen LogP contribution in [0.3, 0.4) is 0 Å². The van der Waals surface area contributed by atoms with Gasteiger partial charge >= 0.3 is 0 Å². The second-order valence-corrected chi connectivity index (χ2v) is 6.70. The molecule has 0 saturated heterocycles. The van der Waals surface area contributed by atoms with E-state index in [2.05, 4.69) is 39.5 Å². The summed E-state index contributed by atoms with van der Waals surface area (Å²) in [5, 5.41) is 0. The van der Waals surface area contributed by atoms with Crippen LogP contribution in [0.5, 0.6) is 0 Å². The lowest BCUT2D eigenvalue weighted by Crippen LogP contribution is -2.42. The van der Waals surface area contributed by atoms with Crippen molar-refractivity contribution in [3.05, 3.63) is 0 Å². The van der Waals surface area contributed by atoms with Crippen LogP contribution in [-0.4, -0.2) is 30.3 Å². The monoisotopic (exact) mass is 253 g/mol. The fourth-order valence-electron chi connectivity index (χ4n) is 2.99. The predicted octanol–water partition coefficient (Wildman–Crippen LogP) is 3.75. The van der Waals surface area contributed by atoms with Crippen LogP contribution >= 0.6 is 0 Å². The molecule has 1 aliphatic rings. The van der Waals surface area contributed by atoms with Gasteiger partial charge in [-0.25, -0.2) is 0 Å². The summed E-state index contributed by atoms with van der Waals surface area (Å²) >= 11 is 0. The Labute approximate surface area is 113 Å². The minimum Gasteiger partial charge on any atom is -0.303 e. The zero-order valence-electron chi connectivity index (χ0n) is 13.0. The molecule has 0 aromatic rings. The van der Waals surface area contributed by atoms with Gasteiger partial charge in [0.05, 0.1) is 0 Å². The molecule has 0 amide bonds. The van der Waals surface area contributed by atoms with Gasteiger partial charge in [-0.3, -0.25) is 4.79 Å². The first-order chi connectivity index (χ1) is 8.40. The predicted molar refractivity (Wildman–Crippen MR) is 77.7 cm³/mol. The van der Waals surface area contributed by atoms with E-state index < -0.39 is 0 Å². The SMILES string of the molecule is CCC(C)CN(CC)CC1CCCC(C)(C)C1=O. The minimum atomic E-state index is -0.0846. The van der Waals surface area contributed by atoms with E-state index in [1.807, 2.05) is 0 Å². The normalized spacial score (nSPS) is 25.4. The molecule has 1 fully saturated rings. The molecule has 0 spiro atoms. The Morgan fingerprint density at radius 3 is 2.61 bits per heavy atom. The number of nitrogens with zero attached hydrogens (tertiary/aromatic N) is 1. The highest BCUT2D eigenvalue weighted by molar-refractivity contribution is 5.87. The lowest BCUT2D eigenvalue weighted by Gasteiger charge is -2.36. The molecular weight excluding hydrogens is 222 g/mol. The summed E-state index contributed by atoms with van der Waals surface area (Å²) in [6.45, 7) is 14.2. The van der Waals surface area contributed by atoms with Gasteiger partial charge in [-0.1, -0.05) is 47.5 Å². The highest BCUT2D eigenvalue weighted by atomic mass is 16.1. The highest BCUT2D eigenvalue weighted by Gasteiger charge is 2.37. The smallest absolute Gasteiger partial charge is 0.142 e. The molecule has 106 valence electrons. The van der Waals surface area contributed by atoms with E-state index in [1.54, 1.807) is 0 Å². The van der Waals surface area contributed by atoms with Gasteiger partial charge in [-0.15, -0.1) is 0 Å². The molecule has 2 unspecified atom stereocenters. The van der Waals surface area contributed by atoms with E-state index in [1.165, 1.54) is 12.8 Å². The van der Waals surface area contributed by atoms with Gasteiger partial charge in [-0.05, 0) is 25.3 Å². The van der Waals surface area contributed by atoms with Crippen molar-refractivity contribution in [2.45, 2.75) is 60.3 Å². The number of Topliss-reactive ketones (excluding diaryl/α,β-unsaturated/α-hetero) is 1. The molecule has 0 aliphatic heterocycles. The largest absolute Gasteiger partial charge is 0.303 e. The summed E-state index contributed by atoms with van der Waals surface area (Å²) in [4.78, 5) is 14.9. The van der Waals surface area contributed by atoms with Crippen molar-refractivity contribution in [2.24, 2.45) is 17.3 Å². The maximum absolute atomic E-state index is 12.4. The van der Waals surface area contributed by atoms with Crippen molar-refractivity contribution in [1.29, 1.82) is 0 Å². The van der Waals surface area contributed by atoms with E-state index in [4.69, 9.17) is 0 Å². The molecule has 2 nitrogen and oxygen atoms in total. The van der Waals surface area contributed by atoms with Crippen molar-refractivity contribution in [3.8, 4) is 0 Å². The van der Waals surface area contributed by atoms with Crippen LogP contribution in [-0.2, 0) is 4.79 Å². The number of carbonyl (C=O) groups is 1. The number of hydrogen-bond acceptors (Lipinski definition) is 2. The first-order valence-corrected chi connectivity index (χ1v) is 7.67. The first-order valence-electron chi connectivity index (χ1n) is 7.67. The van der Waals surface area contributed by atoms with Gasteiger partial charge in [0.25, 0.3) is 0 Å². The average molecular weight is 253 g/mol. The molecule has 1 rings (SSSR count). The molecule has 2 atom stereocenters. The topological polar surface area (TPSA) is 20.3 Å². The molecule has 0 aromatic carbocycles. The Morgan fingerprint density at radius 1 is 1.39 bits per heavy atom. The number of rotatable bonds is 6. The molecule has 0 aromatic heterocycles. The van der Waals surface area contributed by atoms with E-state index >= 15 is 0 Å². The maximum Gasteiger partial charge on any atom is 0.142 e. The van der Waals surface area contributed by atoms with Crippen molar-refractivity contribution < 1.29 is 4.79 Å². The molecular formula is C16H31NO. The van der Waals surface area contributed by atoms with Crippen LogP contribution in [0.1, 0.15) is 60.3 Å². The second kappa shape index (κ2) is 6.70. The fourth-order valence-corrected chi connectivity index (χ4v) is 2.99. The maximum atomic E-state index is 12.4. The summed E-state index contributed by atoms with van der Waals surface area (Å²) in [6, 6.07) is 0. The Morgan fingerprint density at radius 2 is 2.06 bits per heavy atom. The van der Waals surface area contributed by atoms with Gasteiger partial charge in [0.1, 0.15) is 5.78 Å². The summed E-state index contributed by atoms with van der Waals surface area (Å²) in [5.41, 5.74) is -0.0846. The fraction of sp³-hybridized carbons (Fsp3) is 0.938. The minimum absolute atomic E-state index is 0.0846. The zero-order valence-corrected chi connectivity index (χ0v) is 13.0. The van der Waals surface area contributed by atoms with E-state index in [9.17, 15) is 4.79 Å². The first kappa shape index (κ1) is 15.7. The summed E-state index contributed by atoms with van der Waals surface area (Å²) in [6.07, 6.45) is 4.60. The standard InChI is InChI=1S/C16H31NO/c1-6-13(3)11-17(7-2)12-14-9-8-10-16(4,5)15(14)18/h13-14H,6-12H2,1-5H3. The summed E-state index contributed by atoms with van der Waals surface area (Å²) in [7, 11) is 0. The van der Waals surface area contributed by atoms with Crippen molar-refractivity contribution in [3.63, 3.8) is 0 Å². The Hall–Kier alpha value is -0.370. The molecule has 1 saturated carbocycles. The number of carbonyl (C=O) groups excluding carboxylic acids is 1. The van der Waals surface area contributed by atoms with Crippen LogP contribution in [0.2, 0.25) is 0 Å². The number of hydrogen-bond donors (Lipinski definition) is 0. The van der Waals surface area contributed by atoms with Crippen LogP contribution in [0, 0.1) is 17.3 Å². The Kier molecular flexibility index (Phi) is 5.84. The summed E-state index contributed by atoms with van der Waals surface area (Å²) < 4.78 is 0. The van der Waals surface area contributed by atoms with Crippen LogP contribution in [0.4, 0.5) is 0 Å². The van der Waals surface area contributed by atoms with Gasteiger partial charge in [0.15, 0.2) is 0 Å². The van der Waals surface area contributed by atoms with Gasteiger partial charge in [0, 0.05) is 24.4 Å². The van der Waals surface area contributed by atoms with E-state index in [-0.39, 0.29) is 11.3 Å². The van der Waals surface area contributed by atoms with Crippen LogP contribution in [0.25, 0.3) is 0 Å². The molecule has 1 aliphatic carbocycles. The summed E-state index contributed by atoms with van der Waals surface area (Å²) in [5.74, 6) is 1.51. The molecule has 0 bridgehead atoms. The third kappa shape index (κ3) is 4.08. The average Bonchev–Trinajstić information content (AvgIpc) is 2.33. The van der Waals surface area contributed by atoms with E-state index in [0.717, 1.165) is 38.4 Å². The molecule has 2 heteroatoms. The van der Waals surface area contributed by atoms with Crippen molar-refractivity contribution in [2.75, 3.05) is 19.6 Å². The molecule has 0 heterocycles. The molecule has 0 radical (unpaired) electrons. The van der Waals surface area contributed by atoms with E-state index in [0.29, 0.717) is 5.78 Å². The van der Waals surface area contributed by atoms with Crippen molar-refractivity contribution in [1.82, 2.24) is 4.90 Å². The van der Waals surface area contributed by atoms with Crippen molar-refractivity contribution >= 4 is 5.78 Å². The Balaban J connectivity index is 2.56.